The largest absolute Gasteiger partial charge is 0.242 e. The second-order valence-electron chi connectivity index (χ2n) is 6.39. The smallest absolute Gasteiger partial charge is 0.218 e. The molecule has 7 heteroatoms. The molecule has 130 valence electrons. The molecule has 0 spiro atoms. The summed E-state index contributed by atoms with van der Waals surface area (Å²) in [5, 5.41) is 8.47. The highest BCUT2D eigenvalue weighted by Crippen LogP contribution is 2.27. The summed E-state index contributed by atoms with van der Waals surface area (Å²) >= 11 is 0. The Balaban J connectivity index is 1.46. The molecule has 1 fully saturated rings. The predicted molar refractivity (Wildman–Crippen MR) is 96.4 cm³/mol. The Bertz CT molecular complexity index is 961. The number of nitrogens with zero attached hydrogens (tertiary/aromatic N) is 4. The Morgan fingerprint density at radius 3 is 2.40 bits per heavy atom. The zero-order valence-corrected chi connectivity index (χ0v) is 14.6. The van der Waals surface area contributed by atoms with Gasteiger partial charge in [0, 0.05) is 13.1 Å². The molecular weight excluding hydrogens is 336 g/mol. The molecule has 1 aromatic heterocycles. The van der Waals surface area contributed by atoms with Crippen LogP contribution in [0.3, 0.4) is 0 Å². The summed E-state index contributed by atoms with van der Waals surface area (Å²) in [6, 6.07) is 17.4. The van der Waals surface area contributed by atoms with E-state index in [9.17, 15) is 8.42 Å². The lowest BCUT2D eigenvalue weighted by Crippen LogP contribution is -2.39. The molecule has 2 heterocycles. The standard InChI is InChI=1S/C18H20N4O2S/c23-25(24,14-15-6-2-1-3-7-15)21-12-10-16(11-13-21)22-18-9-5-4-8-17(18)19-20-22/h1-9,16H,10-14H2. The SMILES string of the molecule is O=S(=O)(Cc1ccccc1)N1CCC(n2nnc3ccccc32)CC1. The van der Waals surface area contributed by atoms with Crippen molar-refractivity contribution in [3.8, 4) is 0 Å². The van der Waals surface area contributed by atoms with E-state index in [2.05, 4.69) is 10.3 Å². The van der Waals surface area contributed by atoms with Crippen molar-refractivity contribution < 1.29 is 8.42 Å². The molecule has 6 nitrogen and oxygen atoms in total. The van der Waals surface area contributed by atoms with Gasteiger partial charge < -0.3 is 0 Å². The van der Waals surface area contributed by atoms with Crippen LogP contribution in [0.15, 0.2) is 54.6 Å². The fourth-order valence-corrected chi connectivity index (χ4v) is 4.96. The predicted octanol–water partition coefficient (Wildman–Crippen LogP) is 2.60. The summed E-state index contributed by atoms with van der Waals surface area (Å²) in [6.45, 7) is 1.04. The van der Waals surface area contributed by atoms with Crippen molar-refractivity contribution in [1.82, 2.24) is 19.3 Å². The van der Waals surface area contributed by atoms with Gasteiger partial charge in [0.1, 0.15) is 5.52 Å². The first-order chi connectivity index (χ1) is 12.1. The van der Waals surface area contributed by atoms with Crippen molar-refractivity contribution in [2.24, 2.45) is 0 Å². The highest BCUT2D eigenvalue weighted by Gasteiger charge is 2.29. The molecule has 0 aliphatic carbocycles. The van der Waals surface area contributed by atoms with Gasteiger partial charge in [0.25, 0.3) is 0 Å². The minimum absolute atomic E-state index is 0.0603. The second kappa shape index (κ2) is 6.57. The highest BCUT2D eigenvalue weighted by molar-refractivity contribution is 7.88. The molecule has 0 amide bonds. The van der Waals surface area contributed by atoms with Crippen LogP contribution in [0.5, 0.6) is 0 Å². The molecule has 25 heavy (non-hydrogen) atoms. The maximum atomic E-state index is 12.7. The van der Waals surface area contributed by atoms with Crippen LogP contribution >= 0.6 is 0 Å². The van der Waals surface area contributed by atoms with E-state index in [0.29, 0.717) is 13.1 Å². The van der Waals surface area contributed by atoms with Gasteiger partial charge in [0.15, 0.2) is 0 Å². The number of fused-ring (bicyclic) bond motifs is 1. The molecule has 3 aromatic rings. The van der Waals surface area contributed by atoms with Crippen molar-refractivity contribution in [3.05, 3.63) is 60.2 Å². The van der Waals surface area contributed by atoms with Crippen molar-refractivity contribution in [1.29, 1.82) is 0 Å². The molecular formula is C18H20N4O2S. The van der Waals surface area contributed by atoms with Crippen molar-refractivity contribution in [2.75, 3.05) is 13.1 Å². The first-order valence-corrected chi connectivity index (χ1v) is 10.1. The molecule has 0 unspecified atom stereocenters. The quantitative estimate of drug-likeness (QED) is 0.721. The Labute approximate surface area is 147 Å². The van der Waals surface area contributed by atoms with Gasteiger partial charge in [-0.05, 0) is 30.5 Å². The lowest BCUT2D eigenvalue weighted by molar-refractivity contribution is 0.262. The fraction of sp³-hybridized carbons (Fsp3) is 0.333. The van der Waals surface area contributed by atoms with E-state index in [1.54, 1.807) is 4.31 Å². The molecule has 4 rings (SSSR count). The van der Waals surface area contributed by atoms with Gasteiger partial charge in [0.05, 0.1) is 17.3 Å². The van der Waals surface area contributed by atoms with Crippen LogP contribution in [0.2, 0.25) is 0 Å². The fourth-order valence-electron chi connectivity index (χ4n) is 3.40. The van der Waals surface area contributed by atoms with Gasteiger partial charge in [-0.15, -0.1) is 5.10 Å². The van der Waals surface area contributed by atoms with Gasteiger partial charge >= 0.3 is 0 Å². The minimum atomic E-state index is -3.28. The van der Waals surface area contributed by atoms with E-state index in [1.165, 1.54) is 0 Å². The van der Waals surface area contributed by atoms with E-state index < -0.39 is 10.0 Å². The van der Waals surface area contributed by atoms with E-state index in [1.807, 2.05) is 59.3 Å². The van der Waals surface area contributed by atoms with Crippen LogP contribution in [0.25, 0.3) is 11.0 Å². The maximum Gasteiger partial charge on any atom is 0.218 e. The number of sulfonamides is 1. The van der Waals surface area contributed by atoms with Crippen LogP contribution in [-0.2, 0) is 15.8 Å². The van der Waals surface area contributed by atoms with Gasteiger partial charge in [-0.25, -0.2) is 17.4 Å². The molecule has 2 aromatic carbocycles. The Morgan fingerprint density at radius 1 is 0.960 bits per heavy atom. The molecule has 0 atom stereocenters. The molecule has 1 aliphatic rings. The molecule has 0 saturated carbocycles. The Kier molecular flexibility index (Phi) is 4.27. The molecule has 1 saturated heterocycles. The van der Waals surface area contributed by atoms with Crippen LogP contribution in [-0.4, -0.2) is 40.8 Å². The summed E-state index contributed by atoms with van der Waals surface area (Å²) in [4.78, 5) is 0. The molecule has 0 bridgehead atoms. The monoisotopic (exact) mass is 356 g/mol. The Morgan fingerprint density at radius 2 is 1.64 bits per heavy atom. The number of piperidine rings is 1. The molecule has 1 aliphatic heterocycles. The van der Waals surface area contributed by atoms with E-state index in [4.69, 9.17) is 0 Å². The number of aromatic nitrogens is 3. The summed E-state index contributed by atoms with van der Waals surface area (Å²) in [5.74, 6) is 0.0603. The highest BCUT2D eigenvalue weighted by atomic mass is 32.2. The molecule has 0 N–H and O–H groups in total. The average Bonchev–Trinajstić information content (AvgIpc) is 3.06. The third kappa shape index (κ3) is 3.29. The number of hydrogen-bond donors (Lipinski definition) is 0. The van der Waals surface area contributed by atoms with Gasteiger partial charge in [-0.1, -0.05) is 47.7 Å². The zero-order valence-electron chi connectivity index (χ0n) is 13.8. The normalized spacial score (nSPS) is 17.1. The summed E-state index contributed by atoms with van der Waals surface area (Å²) in [6.07, 6.45) is 1.50. The first kappa shape index (κ1) is 16.2. The average molecular weight is 356 g/mol. The van der Waals surface area contributed by atoms with Crippen molar-refractivity contribution >= 4 is 21.1 Å². The van der Waals surface area contributed by atoms with E-state index in [-0.39, 0.29) is 11.8 Å². The lowest BCUT2D eigenvalue weighted by Gasteiger charge is -2.31. The zero-order chi connectivity index (χ0) is 17.3. The maximum absolute atomic E-state index is 12.7. The lowest BCUT2D eigenvalue weighted by atomic mass is 10.1. The van der Waals surface area contributed by atoms with Crippen molar-refractivity contribution in [2.45, 2.75) is 24.6 Å². The third-order valence-corrected chi connectivity index (χ3v) is 6.58. The summed E-state index contributed by atoms with van der Waals surface area (Å²) < 4.78 is 28.9. The molecule has 0 radical (unpaired) electrons. The topological polar surface area (TPSA) is 68.1 Å². The summed E-state index contributed by atoms with van der Waals surface area (Å²) in [7, 11) is -3.28. The first-order valence-electron chi connectivity index (χ1n) is 8.45. The van der Waals surface area contributed by atoms with Gasteiger partial charge in [0.2, 0.25) is 10.0 Å². The van der Waals surface area contributed by atoms with Crippen LogP contribution in [0.4, 0.5) is 0 Å². The number of benzene rings is 2. The van der Waals surface area contributed by atoms with Crippen LogP contribution < -0.4 is 0 Å². The van der Waals surface area contributed by atoms with Gasteiger partial charge in [-0.2, -0.15) is 0 Å². The summed E-state index contributed by atoms with van der Waals surface area (Å²) in [5.41, 5.74) is 2.71. The van der Waals surface area contributed by atoms with E-state index >= 15 is 0 Å². The van der Waals surface area contributed by atoms with E-state index in [0.717, 1.165) is 29.4 Å². The van der Waals surface area contributed by atoms with Crippen LogP contribution in [0.1, 0.15) is 24.4 Å². The van der Waals surface area contributed by atoms with Gasteiger partial charge in [-0.3, -0.25) is 0 Å². The van der Waals surface area contributed by atoms with Crippen LogP contribution in [0, 0.1) is 0 Å². The number of para-hydroxylation sites is 1. The van der Waals surface area contributed by atoms with Crippen molar-refractivity contribution in [3.63, 3.8) is 0 Å². The minimum Gasteiger partial charge on any atom is -0.242 e. The Hall–Kier alpha value is -2.25. The number of rotatable bonds is 4. The third-order valence-electron chi connectivity index (χ3n) is 4.73. The second-order valence-corrected chi connectivity index (χ2v) is 8.36. The number of hydrogen-bond acceptors (Lipinski definition) is 4.